The lowest BCUT2D eigenvalue weighted by atomic mass is 10.1. The first-order chi connectivity index (χ1) is 12.0. The molecule has 1 heterocycles. The summed E-state index contributed by atoms with van der Waals surface area (Å²) in [6.07, 6.45) is 0. The minimum Gasteiger partial charge on any atom is -0.496 e. The smallest absolute Gasteiger partial charge is 0.259 e. The van der Waals surface area contributed by atoms with E-state index in [1.807, 2.05) is 18.4 Å². The first-order valence-electron chi connectivity index (χ1n) is 7.38. The summed E-state index contributed by atoms with van der Waals surface area (Å²) < 4.78 is 5.26. The second-order valence-electron chi connectivity index (χ2n) is 5.29. The van der Waals surface area contributed by atoms with Gasteiger partial charge in [0.1, 0.15) is 5.75 Å². The zero-order valence-corrected chi connectivity index (χ0v) is 16.0. The highest BCUT2D eigenvalue weighted by molar-refractivity contribution is 7.80. The number of amides is 1. The van der Waals surface area contributed by atoms with E-state index >= 15 is 0 Å². The van der Waals surface area contributed by atoms with Gasteiger partial charge in [0.05, 0.1) is 28.4 Å². The second kappa shape index (κ2) is 7.47. The molecule has 0 radical (unpaired) electrons. The van der Waals surface area contributed by atoms with Gasteiger partial charge in [-0.1, -0.05) is 11.6 Å². The number of aryl methyl sites for hydroxylation is 1. The van der Waals surface area contributed by atoms with Crippen LogP contribution in [0, 0.1) is 6.92 Å². The number of halogens is 1. The number of nitrogens with zero attached hydrogens (tertiary/aromatic N) is 1. The van der Waals surface area contributed by atoms with Gasteiger partial charge in [-0.15, -0.1) is 24.0 Å². The molecule has 0 spiro atoms. The van der Waals surface area contributed by atoms with E-state index in [0.717, 1.165) is 21.2 Å². The summed E-state index contributed by atoms with van der Waals surface area (Å²) >= 11 is 12.1. The maximum Gasteiger partial charge on any atom is 0.259 e. The van der Waals surface area contributed by atoms with Crippen molar-refractivity contribution in [1.29, 1.82) is 0 Å². The summed E-state index contributed by atoms with van der Waals surface area (Å²) in [5, 5.41) is 6.35. The topological polar surface area (TPSA) is 51.2 Å². The third-order valence-corrected chi connectivity index (χ3v) is 4.93. The lowest BCUT2D eigenvalue weighted by Crippen LogP contribution is -2.13. The van der Waals surface area contributed by atoms with E-state index in [0.29, 0.717) is 22.0 Å². The van der Waals surface area contributed by atoms with Crippen LogP contribution < -0.4 is 10.1 Å². The molecule has 4 nitrogen and oxygen atoms in total. The SMILES string of the molecule is COc1cc(S)ccc1C(=O)Nc1ccc(Cl)c(-c2csc(C)n2)c1. The number of carbonyl (C=O) groups is 1. The summed E-state index contributed by atoms with van der Waals surface area (Å²) in [5.74, 6) is 0.197. The van der Waals surface area contributed by atoms with Crippen LogP contribution >= 0.6 is 35.6 Å². The molecule has 0 fully saturated rings. The van der Waals surface area contributed by atoms with E-state index in [9.17, 15) is 4.79 Å². The average Bonchev–Trinajstić information content (AvgIpc) is 3.02. The minimum absolute atomic E-state index is 0.270. The molecule has 0 saturated heterocycles. The quantitative estimate of drug-likeness (QED) is 0.592. The van der Waals surface area contributed by atoms with E-state index in [1.54, 1.807) is 41.7 Å². The highest BCUT2D eigenvalue weighted by Gasteiger charge is 2.14. The van der Waals surface area contributed by atoms with Crippen molar-refractivity contribution >= 4 is 47.2 Å². The van der Waals surface area contributed by atoms with Crippen molar-refractivity contribution in [1.82, 2.24) is 4.98 Å². The maximum absolute atomic E-state index is 12.6. The van der Waals surface area contributed by atoms with Crippen LogP contribution in [0.4, 0.5) is 5.69 Å². The molecule has 0 unspecified atom stereocenters. The molecule has 0 atom stereocenters. The third kappa shape index (κ3) is 3.98. The Kier molecular flexibility index (Phi) is 5.32. The van der Waals surface area contributed by atoms with Gasteiger partial charge in [0, 0.05) is 21.5 Å². The number of thiazole rings is 1. The second-order valence-corrected chi connectivity index (χ2v) is 7.27. The van der Waals surface area contributed by atoms with Crippen LogP contribution in [0.25, 0.3) is 11.3 Å². The standard InChI is InChI=1S/C18H15ClN2O2S2/c1-10-20-16(9-25-10)14-7-11(3-6-15(14)19)21-18(22)13-5-4-12(24)8-17(13)23-2/h3-9,24H,1-2H3,(H,21,22). The molecule has 0 aliphatic heterocycles. The zero-order valence-electron chi connectivity index (χ0n) is 13.5. The monoisotopic (exact) mass is 390 g/mol. The number of ether oxygens (including phenoxy) is 1. The first kappa shape index (κ1) is 17.8. The predicted octanol–water partition coefficient (Wildman–Crippen LogP) is 5.32. The van der Waals surface area contributed by atoms with E-state index in [1.165, 1.54) is 7.11 Å². The van der Waals surface area contributed by atoms with Crippen LogP contribution in [-0.4, -0.2) is 18.0 Å². The Morgan fingerprint density at radius 3 is 2.76 bits per heavy atom. The van der Waals surface area contributed by atoms with Gasteiger partial charge in [-0.05, 0) is 43.3 Å². The van der Waals surface area contributed by atoms with Gasteiger partial charge >= 0.3 is 0 Å². The summed E-state index contributed by atoms with van der Waals surface area (Å²) in [6, 6.07) is 10.4. The van der Waals surface area contributed by atoms with Gasteiger partial charge < -0.3 is 10.1 Å². The van der Waals surface area contributed by atoms with Crippen molar-refractivity contribution in [3.05, 3.63) is 57.4 Å². The van der Waals surface area contributed by atoms with Crippen molar-refractivity contribution in [3.63, 3.8) is 0 Å². The summed E-state index contributed by atoms with van der Waals surface area (Å²) in [4.78, 5) is 17.8. The molecular formula is C18H15ClN2O2S2. The fourth-order valence-corrected chi connectivity index (χ4v) is 3.37. The highest BCUT2D eigenvalue weighted by atomic mass is 35.5. The molecular weight excluding hydrogens is 376 g/mol. The molecule has 3 rings (SSSR count). The third-order valence-electron chi connectivity index (χ3n) is 3.55. The number of nitrogens with one attached hydrogen (secondary N) is 1. The summed E-state index contributed by atoms with van der Waals surface area (Å²) in [5.41, 5.74) is 2.63. The van der Waals surface area contributed by atoms with Gasteiger partial charge in [-0.2, -0.15) is 0 Å². The fourth-order valence-electron chi connectivity index (χ4n) is 2.35. The van der Waals surface area contributed by atoms with Crippen LogP contribution in [0.2, 0.25) is 5.02 Å². The van der Waals surface area contributed by atoms with E-state index in [4.69, 9.17) is 16.3 Å². The largest absolute Gasteiger partial charge is 0.496 e. The normalized spacial score (nSPS) is 10.6. The van der Waals surface area contributed by atoms with E-state index < -0.39 is 0 Å². The molecule has 3 aromatic rings. The number of rotatable bonds is 4. The highest BCUT2D eigenvalue weighted by Crippen LogP contribution is 2.32. The number of benzene rings is 2. The number of methoxy groups -OCH3 is 1. The number of thiol groups is 1. The molecule has 128 valence electrons. The van der Waals surface area contributed by atoms with E-state index in [-0.39, 0.29) is 5.91 Å². The predicted molar refractivity (Wildman–Crippen MR) is 105 cm³/mol. The Morgan fingerprint density at radius 2 is 2.08 bits per heavy atom. The number of anilines is 1. The van der Waals surface area contributed by atoms with Crippen molar-refractivity contribution < 1.29 is 9.53 Å². The van der Waals surface area contributed by atoms with Gasteiger partial charge in [-0.3, -0.25) is 4.79 Å². The Hall–Kier alpha value is -2.02. The van der Waals surface area contributed by atoms with Gasteiger partial charge in [0.25, 0.3) is 5.91 Å². The molecule has 7 heteroatoms. The Balaban J connectivity index is 1.90. The molecule has 0 aliphatic rings. The molecule has 0 aliphatic carbocycles. The van der Waals surface area contributed by atoms with Crippen molar-refractivity contribution in [2.45, 2.75) is 11.8 Å². The van der Waals surface area contributed by atoms with Crippen molar-refractivity contribution in [2.75, 3.05) is 12.4 Å². The molecule has 1 aromatic heterocycles. The fraction of sp³-hybridized carbons (Fsp3) is 0.111. The number of hydrogen-bond acceptors (Lipinski definition) is 5. The Bertz CT molecular complexity index is 941. The Labute approximate surface area is 160 Å². The van der Waals surface area contributed by atoms with Crippen molar-refractivity contribution in [3.8, 4) is 17.0 Å². The molecule has 2 aromatic carbocycles. The Morgan fingerprint density at radius 1 is 1.28 bits per heavy atom. The van der Waals surface area contributed by atoms with Gasteiger partial charge in [0.15, 0.2) is 0 Å². The molecule has 0 bridgehead atoms. The van der Waals surface area contributed by atoms with Crippen LogP contribution in [-0.2, 0) is 0 Å². The van der Waals surface area contributed by atoms with Crippen LogP contribution in [0.1, 0.15) is 15.4 Å². The summed E-state index contributed by atoms with van der Waals surface area (Å²) in [6.45, 7) is 1.94. The zero-order chi connectivity index (χ0) is 18.0. The maximum atomic E-state index is 12.6. The van der Waals surface area contributed by atoms with Crippen LogP contribution in [0.15, 0.2) is 46.7 Å². The first-order valence-corrected chi connectivity index (χ1v) is 9.09. The lowest BCUT2D eigenvalue weighted by molar-refractivity contribution is 0.102. The summed E-state index contributed by atoms with van der Waals surface area (Å²) in [7, 11) is 1.52. The van der Waals surface area contributed by atoms with Gasteiger partial charge in [-0.25, -0.2) is 4.98 Å². The molecule has 0 saturated carbocycles. The number of hydrogen-bond donors (Lipinski definition) is 2. The van der Waals surface area contributed by atoms with Crippen LogP contribution in [0.3, 0.4) is 0 Å². The molecule has 1 N–H and O–H groups in total. The van der Waals surface area contributed by atoms with Crippen LogP contribution in [0.5, 0.6) is 5.75 Å². The number of carbonyl (C=O) groups excluding carboxylic acids is 1. The molecule has 1 amide bonds. The van der Waals surface area contributed by atoms with Gasteiger partial charge in [0.2, 0.25) is 0 Å². The number of aromatic nitrogens is 1. The lowest BCUT2D eigenvalue weighted by Gasteiger charge is -2.11. The van der Waals surface area contributed by atoms with Crippen molar-refractivity contribution in [2.24, 2.45) is 0 Å². The van der Waals surface area contributed by atoms with E-state index in [2.05, 4.69) is 22.9 Å². The molecule has 25 heavy (non-hydrogen) atoms. The minimum atomic E-state index is -0.270. The average molecular weight is 391 g/mol.